The van der Waals surface area contributed by atoms with E-state index >= 15 is 0 Å². The third-order valence-corrected chi connectivity index (χ3v) is 8.80. The van der Waals surface area contributed by atoms with Gasteiger partial charge in [-0.3, -0.25) is 14.3 Å². The molecule has 7 nitrogen and oxygen atoms in total. The van der Waals surface area contributed by atoms with Crippen LogP contribution < -0.4 is 10.6 Å². The molecule has 0 unspecified atom stereocenters. The quantitative estimate of drug-likeness (QED) is 0.195. The molecule has 1 aliphatic heterocycles. The molecule has 0 aliphatic carbocycles. The third kappa shape index (κ3) is 5.79. The highest BCUT2D eigenvalue weighted by Gasteiger charge is 2.35. The largest absolute Gasteiger partial charge is 0.354 e. The molecule has 0 bridgehead atoms. The summed E-state index contributed by atoms with van der Waals surface area (Å²) in [4.78, 5) is 39.8. The first-order valence-electron chi connectivity index (χ1n) is 15.2. The van der Waals surface area contributed by atoms with Gasteiger partial charge in [-0.2, -0.15) is 4.98 Å². The van der Waals surface area contributed by atoms with Crippen molar-refractivity contribution in [1.29, 1.82) is 0 Å². The molecule has 1 fully saturated rings. The van der Waals surface area contributed by atoms with Crippen LogP contribution in [-0.2, 0) is 4.79 Å². The van der Waals surface area contributed by atoms with Crippen LogP contribution in [0, 0.1) is 0 Å². The van der Waals surface area contributed by atoms with Crippen molar-refractivity contribution in [1.82, 2.24) is 19.4 Å². The SMILES string of the molecule is C=Cc1ccccc1-c1cc2c(cc1Cl)c(N1[C@@H](C)CN(C(=O)C(=C)F)C[C@@H]1C)nc(=O)n2-c1c(C(C)C)ccnc1C(C)C. The van der Waals surface area contributed by atoms with Gasteiger partial charge in [0.15, 0.2) is 5.83 Å². The molecule has 2 aromatic heterocycles. The maximum Gasteiger partial charge on any atom is 0.354 e. The Morgan fingerprint density at radius 3 is 2.31 bits per heavy atom. The molecule has 45 heavy (non-hydrogen) atoms. The standard InChI is InChI=1S/C36H39ClFN5O2/c1-9-25-12-10-11-13-27(25)28-17-31-29(16-30(28)37)34(42-22(6)18-41(19-23(42)7)35(44)24(8)38)40-36(45)43(31)33-26(20(2)3)14-15-39-32(33)21(4)5/h9-17,20-23H,1,8,18-19H2,2-7H3/t22-,23-/m0/s1. The minimum absolute atomic E-state index is 0.0319. The van der Waals surface area contributed by atoms with E-state index in [4.69, 9.17) is 21.6 Å². The summed E-state index contributed by atoms with van der Waals surface area (Å²) >= 11 is 7.07. The summed E-state index contributed by atoms with van der Waals surface area (Å²) in [6.45, 7) is 19.8. The predicted octanol–water partition coefficient (Wildman–Crippen LogP) is 7.90. The molecule has 1 aliphatic rings. The Morgan fingerprint density at radius 1 is 1.04 bits per heavy atom. The van der Waals surface area contributed by atoms with Crippen LogP contribution in [0.4, 0.5) is 10.2 Å². The maximum absolute atomic E-state index is 14.4. The summed E-state index contributed by atoms with van der Waals surface area (Å²) in [7, 11) is 0. The van der Waals surface area contributed by atoms with Crippen LogP contribution in [0.5, 0.6) is 0 Å². The van der Waals surface area contributed by atoms with Gasteiger partial charge in [-0.05, 0) is 60.6 Å². The first-order valence-corrected chi connectivity index (χ1v) is 15.6. The van der Waals surface area contributed by atoms with Gasteiger partial charge in [0, 0.05) is 47.3 Å². The summed E-state index contributed by atoms with van der Waals surface area (Å²) in [5.41, 5.74) is 5.23. The van der Waals surface area contributed by atoms with E-state index in [1.54, 1.807) is 16.8 Å². The van der Waals surface area contributed by atoms with Crippen LogP contribution in [0.1, 0.15) is 70.2 Å². The maximum atomic E-state index is 14.4. The van der Waals surface area contributed by atoms with Crippen molar-refractivity contribution in [2.24, 2.45) is 0 Å². The molecule has 5 rings (SSSR count). The molecule has 0 saturated carbocycles. The van der Waals surface area contributed by atoms with E-state index in [0.29, 0.717) is 21.7 Å². The lowest BCUT2D eigenvalue weighted by molar-refractivity contribution is -0.129. The Balaban J connectivity index is 1.86. The number of hydrogen-bond acceptors (Lipinski definition) is 5. The van der Waals surface area contributed by atoms with Gasteiger partial charge in [0.2, 0.25) is 0 Å². The Morgan fingerprint density at radius 2 is 1.71 bits per heavy atom. The number of piperazine rings is 1. The summed E-state index contributed by atoms with van der Waals surface area (Å²) in [5.74, 6) is -1.12. The van der Waals surface area contributed by atoms with E-state index in [0.717, 1.165) is 33.6 Å². The van der Waals surface area contributed by atoms with E-state index in [1.807, 2.05) is 61.2 Å². The van der Waals surface area contributed by atoms with E-state index in [2.05, 4.69) is 40.9 Å². The first-order chi connectivity index (χ1) is 21.3. The summed E-state index contributed by atoms with van der Waals surface area (Å²) in [6, 6.07) is 13.1. The Bertz CT molecular complexity index is 1840. The summed E-state index contributed by atoms with van der Waals surface area (Å²) in [6.07, 6.45) is 3.58. The molecule has 2 atom stereocenters. The van der Waals surface area contributed by atoms with Crippen LogP contribution in [0.3, 0.4) is 0 Å². The fourth-order valence-electron chi connectivity index (χ4n) is 6.46. The van der Waals surface area contributed by atoms with E-state index in [-0.39, 0.29) is 37.0 Å². The molecule has 234 valence electrons. The molecule has 1 saturated heterocycles. The summed E-state index contributed by atoms with van der Waals surface area (Å²) in [5, 5.41) is 1.17. The first kappa shape index (κ1) is 32.1. The van der Waals surface area contributed by atoms with Gasteiger partial charge in [0.25, 0.3) is 5.91 Å². The van der Waals surface area contributed by atoms with Crippen molar-refractivity contribution < 1.29 is 9.18 Å². The van der Waals surface area contributed by atoms with Crippen LogP contribution >= 0.6 is 11.6 Å². The Labute approximate surface area is 268 Å². The van der Waals surface area contributed by atoms with Gasteiger partial charge in [0.05, 0.1) is 16.9 Å². The number of pyridine rings is 1. The lowest BCUT2D eigenvalue weighted by Crippen LogP contribution is -2.59. The Hall–Kier alpha value is -4.30. The van der Waals surface area contributed by atoms with Crippen molar-refractivity contribution in [3.8, 4) is 16.8 Å². The molecule has 9 heteroatoms. The zero-order chi connectivity index (χ0) is 32.7. The number of carbonyl (C=O) groups is 1. The summed E-state index contributed by atoms with van der Waals surface area (Å²) < 4.78 is 15.5. The number of benzene rings is 2. The topological polar surface area (TPSA) is 71.3 Å². The number of anilines is 1. The van der Waals surface area contributed by atoms with E-state index < -0.39 is 17.4 Å². The van der Waals surface area contributed by atoms with Crippen molar-refractivity contribution in [2.45, 2.75) is 65.5 Å². The number of fused-ring (bicyclic) bond motifs is 1. The van der Waals surface area contributed by atoms with Crippen LogP contribution in [0.15, 0.2) is 72.4 Å². The second-order valence-corrected chi connectivity index (χ2v) is 12.8. The van der Waals surface area contributed by atoms with Gasteiger partial charge in [-0.25, -0.2) is 9.18 Å². The molecule has 0 spiro atoms. The lowest BCUT2D eigenvalue weighted by atomic mass is 9.95. The van der Waals surface area contributed by atoms with Gasteiger partial charge in [0.1, 0.15) is 5.82 Å². The zero-order valence-electron chi connectivity index (χ0n) is 26.6. The molecule has 0 radical (unpaired) electrons. The predicted molar refractivity (Wildman–Crippen MR) is 182 cm³/mol. The minimum Gasteiger partial charge on any atom is -0.347 e. The van der Waals surface area contributed by atoms with Crippen LogP contribution in [0.2, 0.25) is 5.02 Å². The van der Waals surface area contributed by atoms with Gasteiger partial charge >= 0.3 is 5.69 Å². The molecule has 1 amide bonds. The normalized spacial score (nSPS) is 16.9. The average Bonchev–Trinajstić information content (AvgIpc) is 2.99. The van der Waals surface area contributed by atoms with Crippen molar-refractivity contribution in [3.05, 3.63) is 100.0 Å². The molecular weight excluding hydrogens is 589 g/mol. The average molecular weight is 628 g/mol. The van der Waals surface area contributed by atoms with Crippen molar-refractivity contribution in [2.75, 3.05) is 18.0 Å². The zero-order valence-corrected chi connectivity index (χ0v) is 27.4. The molecule has 3 heterocycles. The molecule has 4 aromatic rings. The smallest absolute Gasteiger partial charge is 0.347 e. The number of nitrogens with zero attached hydrogens (tertiary/aromatic N) is 5. The number of aromatic nitrogens is 3. The van der Waals surface area contributed by atoms with Crippen molar-refractivity contribution >= 4 is 40.3 Å². The van der Waals surface area contributed by atoms with Gasteiger partial charge < -0.3 is 9.80 Å². The number of rotatable bonds is 7. The number of amides is 1. The number of hydrogen-bond donors (Lipinski definition) is 0. The number of halogens is 2. The molecule has 0 N–H and O–H groups in total. The van der Waals surface area contributed by atoms with Gasteiger partial charge in [-0.1, -0.05) is 82.8 Å². The number of carbonyl (C=O) groups excluding carboxylic acids is 1. The highest BCUT2D eigenvalue weighted by molar-refractivity contribution is 6.34. The molecule has 2 aromatic carbocycles. The highest BCUT2D eigenvalue weighted by atomic mass is 35.5. The fourth-order valence-corrected chi connectivity index (χ4v) is 6.73. The van der Waals surface area contributed by atoms with Crippen LogP contribution in [0.25, 0.3) is 33.8 Å². The minimum atomic E-state index is -0.994. The van der Waals surface area contributed by atoms with Gasteiger partial charge in [-0.15, -0.1) is 0 Å². The fraction of sp³-hybridized carbons (Fsp3) is 0.333. The second-order valence-electron chi connectivity index (χ2n) is 12.4. The third-order valence-electron chi connectivity index (χ3n) is 8.49. The van der Waals surface area contributed by atoms with Crippen LogP contribution in [-0.4, -0.2) is 50.5 Å². The molecular formula is C36H39ClFN5O2. The Kier molecular flexibility index (Phi) is 8.99. The van der Waals surface area contributed by atoms with E-state index in [9.17, 15) is 14.0 Å². The lowest BCUT2D eigenvalue weighted by Gasteiger charge is -2.45. The highest BCUT2D eigenvalue weighted by Crippen LogP contribution is 2.40. The second kappa shape index (κ2) is 12.6. The van der Waals surface area contributed by atoms with Crippen molar-refractivity contribution in [3.63, 3.8) is 0 Å². The monoisotopic (exact) mass is 627 g/mol. The van der Waals surface area contributed by atoms with E-state index in [1.165, 1.54) is 4.90 Å².